The van der Waals surface area contributed by atoms with Crippen molar-refractivity contribution in [3.8, 4) is 0 Å². The van der Waals surface area contributed by atoms with Crippen LogP contribution in [-0.2, 0) is 16.5 Å². The fourth-order valence-electron chi connectivity index (χ4n) is 4.18. The Bertz CT molecular complexity index is 1170. The van der Waals surface area contributed by atoms with E-state index < -0.39 is 17.8 Å². The summed E-state index contributed by atoms with van der Waals surface area (Å²) in [7, 11) is 0. The molecular weight excluding hydrogens is 465 g/mol. The number of hydrogen-bond acceptors (Lipinski definition) is 3. The van der Waals surface area contributed by atoms with E-state index >= 15 is 0 Å². The normalized spacial score (nSPS) is 21.0. The van der Waals surface area contributed by atoms with Gasteiger partial charge in [0.25, 0.3) is 0 Å². The molecule has 1 aromatic heterocycles. The summed E-state index contributed by atoms with van der Waals surface area (Å²) < 4.78 is 41.0. The summed E-state index contributed by atoms with van der Waals surface area (Å²) in [4.78, 5) is 13.0. The van der Waals surface area contributed by atoms with Gasteiger partial charge < -0.3 is 5.32 Å². The van der Waals surface area contributed by atoms with Crippen LogP contribution < -0.4 is 10.6 Å². The van der Waals surface area contributed by atoms with Crippen LogP contribution in [0.2, 0.25) is 5.02 Å². The van der Waals surface area contributed by atoms with Crippen LogP contribution in [0.25, 0.3) is 0 Å². The standard InChI is InChI=1S/C25H26ClF3N4O/c1-24(2,3)33-12-11-20(32-33)19-14-21(23(34)30-18-6-4-5-17(26)13-18)31-22(19)15-7-9-16(10-8-15)25(27,28)29/h4-13,19,21-22,31H,14H2,1-3H3,(H,30,34)/t19-,21-,22-/m0/s1. The molecule has 0 bridgehead atoms. The van der Waals surface area contributed by atoms with Gasteiger partial charge in [0.2, 0.25) is 5.91 Å². The Morgan fingerprint density at radius 2 is 1.82 bits per heavy atom. The molecule has 2 aromatic carbocycles. The summed E-state index contributed by atoms with van der Waals surface area (Å²) in [5.41, 5.74) is 1.09. The van der Waals surface area contributed by atoms with Gasteiger partial charge in [-0.1, -0.05) is 29.8 Å². The fraction of sp³-hybridized carbons (Fsp3) is 0.360. The Balaban J connectivity index is 1.62. The molecule has 34 heavy (non-hydrogen) atoms. The van der Waals surface area contributed by atoms with Crippen molar-refractivity contribution in [2.75, 3.05) is 5.32 Å². The van der Waals surface area contributed by atoms with E-state index in [0.717, 1.165) is 17.8 Å². The van der Waals surface area contributed by atoms with Crippen LogP contribution in [-0.4, -0.2) is 21.7 Å². The lowest BCUT2D eigenvalue weighted by atomic mass is 9.90. The van der Waals surface area contributed by atoms with Gasteiger partial charge in [0.1, 0.15) is 0 Å². The first-order valence-electron chi connectivity index (χ1n) is 11.0. The van der Waals surface area contributed by atoms with Crippen LogP contribution >= 0.6 is 11.6 Å². The van der Waals surface area contributed by atoms with Gasteiger partial charge in [-0.3, -0.25) is 14.8 Å². The second kappa shape index (κ2) is 9.07. The van der Waals surface area contributed by atoms with Crippen LogP contribution in [0.4, 0.5) is 18.9 Å². The maximum atomic E-state index is 13.1. The SMILES string of the molecule is CC(C)(C)n1ccc([C@@H]2C[C@@H](C(=O)Nc3cccc(Cl)c3)N[C@H]2c2ccc(C(F)(F)F)cc2)n1. The molecule has 1 aliphatic heterocycles. The van der Waals surface area contributed by atoms with E-state index in [4.69, 9.17) is 16.7 Å². The van der Waals surface area contributed by atoms with E-state index in [2.05, 4.69) is 10.6 Å². The monoisotopic (exact) mass is 490 g/mol. The summed E-state index contributed by atoms with van der Waals surface area (Å²) in [5, 5.41) is 11.4. The Labute approximate surface area is 201 Å². The van der Waals surface area contributed by atoms with Crippen molar-refractivity contribution in [1.82, 2.24) is 15.1 Å². The first-order valence-corrected chi connectivity index (χ1v) is 11.4. The second-order valence-corrected chi connectivity index (χ2v) is 9.95. The minimum Gasteiger partial charge on any atom is -0.325 e. The molecule has 9 heteroatoms. The number of aromatic nitrogens is 2. The van der Waals surface area contributed by atoms with E-state index in [0.29, 0.717) is 22.7 Å². The van der Waals surface area contributed by atoms with Crippen molar-refractivity contribution in [2.45, 2.75) is 56.9 Å². The van der Waals surface area contributed by atoms with Gasteiger partial charge >= 0.3 is 6.18 Å². The molecule has 2 N–H and O–H groups in total. The lowest BCUT2D eigenvalue weighted by molar-refractivity contribution is -0.137. The molecular formula is C25H26ClF3N4O. The largest absolute Gasteiger partial charge is 0.416 e. The average Bonchev–Trinajstić information content (AvgIpc) is 3.41. The number of alkyl halides is 3. The van der Waals surface area contributed by atoms with Crippen molar-refractivity contribution in [2.24, 2.45) is 0 Å². The van der Waals surface area contributed by atoms with Crippen LogP contribution in [0.15, 0.2) is 60.8 Å². The van der Waals surface area contributed by atoms with E-state index in [1.807, 2.05) is 37.7 Å². The van der Waals surface area contributed by atoms with Crippen molar-refractivity contribution < 1.29 is 18.0 Å². The molecule has 0 radical (unpaired) electrons. The number of rotatable bonds is 4. The second-order valence-electron chi connectivity index (χ2n) is 9.51. The molecule has 2 heterocycles. The summed E-state index contributed by atoms with van der Waals surface area (Å²) in [6.07, 6.45) is -2.08. The molecule has 1 aliphatic rings. The number of benzene rings is 2. The third-order valence-corrected chi connectivity index (χ3v) is 6.19. The zero-order valence-corrected chi connectivity index (χ0v) is 19.8. The fourth-order valence-corrected chi connectivity index (χ4v) is 4.37. The maximum Gasteiger partial charge on any atom is 0.416 e. The minimum absolute atomic E-state index is 0.199. The predicted octanol–water partition coefficient (Wildman–Crippen LogP) is 6.14. The summed E-state index contributed by atoms with van der Waals surface area (Å²) in [6.45, 7) is 6.10. The molecule has 4 rings (SSSR count). The molecule has 0 spiro atoms. The van der Waals surface area contributed by atoms with Gasteiger partial charge in [-0.25, -0.2) is 0 Å². The Hall–Kier alpha value is -2.84. The van der Waals surface area contributed by atoms with Crippen molar-refractivity contribution in [3.63, 3.8) is 0 Å². The molecule has 1 fully saturated rings. The highest BCUT2D eigenvalue weighted by atomic mass is 35.5. The van der Waals surface area contributed by atoms with Crippen molar-refractivity contribution in [3.05, 3.63) is 82.6 Å². The van der Waals surface area contributed by atoms with Crippen LogP contribution in [0, 0.1) is 0 Å². The average molecular weight is 491 g/mol. The molecule has 5 nitrogen and oxygen atoms in total. The molecule has 1 saturated heterocycles. The molecule has 0 saturated carbocycles. The van der Waals surface area contributed by atoms with Gasteiger partial charge in [-0.05, 0) is 69.2 Å². The van der Waals surface area contributed by atoms with E-state index in [-0.39, 0.29) is 23.4 Å². The number of anilines is 1. The predicted molar refractivity (Wildman–Crippen MR) is 126 cm³/mol. The number of nitrogens with one attached hydrogen (secondary N) is 2. The lowest BCUT2D eigenvalue weighted by Crippen LogP contribution is -2.36. The topological polar surface area (TPSA) is 59.0 Å². The zero-order chi connectivity index (χ0) is 24.7. The highest BCUT2D eigenvalue weighted by Gasteiger charge is 2.41. The Morgan fingerprint density at radius 3 is 2.41 bits per heavy atom. The smallest absolute Gasteiger partial charge is 0.325 e. The number of nitrogens with zero attached hydrogens (tertiary/aromatic N) is 2. The number of carbonyl (C=O) groups excluding carboxylic acids is 1. The van der Waals surface area contributed by atoms with Gasteiger partial charge in [-0.15, -0.1) is 0 Å². The lowest BCUT2D eigenvalue weighted by Gasteiger charge is -2.21. The van der Waals surface area contributed by atoms with Crippen LogP contribution in [0.5, 0.6) is 0 Å². The van der Waals surface area contributed by atoms with E-state index in [9.17, 15) is 18.0 Å². The zero-order valence-electron chi connectivity index (χ0n) is 19.0. The molecule has 3 atom stereocenters. The number of carbonyl (C=O) groups is 1. The summed E-state index contributed by atoms with van der Waals surface area (Å²) >= 11 is 6.02. The van der Waals surface area contributed by atoms with Crippen LogP contribution in [0.1, 0.15) is 56.0 Å². The van der Waals surface area contributed by atoms with Gasteiger partial charge in [0.15, 0.2) is 0 Å². The number of hydrogen-bond donors (Lipinski definition) is 2. The summed E-state index contributed by atoms with van der Waals surface area (Å²) in [6, 6.07) is 12.9. The number of halogens is 4. The number of amides is 1. The first kappa shape index (κ1) is 24.3. The minimum atomic E-state index is -4.41. The van der Waals surface area contributed by atoms with Gasteiger partial charge in [0, 0.05) is 28.9 Å². The highest BCUT2D eigenvalue weighted by Crippen LogP contribution is 2.41. The molecule has 180 valence electrons. The summed E-state index contributed by atoms with van der Waals surface area (Å²) in [5.74, 6) is -0.438. The molecule has 3 aromatic rings. The van der Waals surface area contributed by atoms with Crippen molar-refractivity contribution in [1.29, 1.82) is 0 Å². The Morgan fingerprint density at radius 1 is 1.12 bits per heavy atom. The van der Waals surface area contributed by atoms with Crippen molar-refractivity contribution >= 4 is 23.2 Å². The van der Waals surface area contributed by atoms with Gasteiger partial charge in [0.05, 0.1) is 22.8 Å². The molecule has 1 amide bonds. The quantitative estimate of drug-likeness (QED) is 0.462. The third-order valence-electron chi connectivity index (χ3n) is 5.96. The van der Waals surface area contributed by atoms with Crippen LogP contribution in [0.3, 0.4) is 0 Å². The molecule has 0 aliphatic carbocycles. The Kier molecular flexibility index (Phi) is 6.48. The van der Waals surface area contributed by atoms with E-state index in [1.54, 1.807) is 24.3 Å². The highest BCUT2D eigenvalue weighted by molar-refractivity contribution is 6.30. The van der Waals surface area contributed by atoms with E-state index in [1.165, 1.54) is 12.1 Å². The third kappa shape index (κ3) is 5.28. The van der Waals surface area contributed by atoms with Gasteiger partial charge in [-0.2, -0.15) is 18.3 Å². The maximum absolute atomic E-state index is 13.1. The molecule has 0 unspecified atom stereocenters. The first-order chi connectivity index (χ1) is 15.9.